The van der Waals surface area contributed by atoms with Gasteiger partial charge in [-0.25, -0.2) is 0 Å². The average molecular weight is 333 g/mol. The highest BCUT2D eigenvalue weighted by Gasteiger charge is 2.12. The summed E-state index contributed by atoms with van der Waals surface area (Å²) in [4.78, 5) is 2.19. The summed E-state index contributed by atoms with van der Waals surface area (Å²) in [5.74, 6) is 1.88. The molecule has 4 aromatic rings. The number of rotatable bonds is 5. The summed E-state index contributed by atoms with van der Waals surface area (Å²) in [5.41, 5.74) is 4.10. The SMILES string of the molecule is Cc1ccc(CN(C)Cc2cc(-c3ccccc3)cn3nnnc23)o1. The molecule has 0 aliphatic rings. The molecule has 6 heteroatoms. The van der Waals surface area contributed by atoms with Crippen LogP contribution in [0, 0.1) is 6.92 Å². The van der Waals surface area contributed by atoms with E-state index in [-0.39, 0.29) is 0 Å². The lowest BCUT2D eigenvalue weighted by Gasteiger charge is -2.16. The lowest BCUT2D eigenvalue weighted by Crippen LogP contribution is -2.17. The highest BCUT2D eigenvalue weighted by molar-refractivity contribution is 5.66. The molecule has 1 aromatic carbocycles. The van der Waals surface area contributed by atoms with Crippen molar-refractivity contribution in [3.05, 3.63) is 71.8 Å². The molecule has 0 N–H and O–H groups in total. The monoisotopic (exact) mass is 333 g/mol. The van der Waals surface area contributed by atoms with E-state index in [4.69, 9.17) is 4.42 Å². The molecular formula is C19H19N5O. The van der Waals surface area contributed by atoms with Gasteiger partial charge in [0.1, 0.15) is 11.5 Å². The van der Waals surface area contributed by atoms with Gasteiger partial charge in [-0.3, -0.25) is 4.90 Å². The van der Waals surface area contributed by atoms with Crippen LogP contribution in [0.2, 0.25) is 0 Å². The Balaban J connectivity index is 1.65. The molecule has 0 fully saturated rings. The van der Waals surface area contributed by atoms with Crippen molar-refractivity contribution in [2.75, 3.05) is 7.05 Å². The van der Waals surface area contributed by atoms with Crippen LogP contribution < -0.4 is 0 Å². The second-order valence-corrected chi connectivity index (χ2v) is 6.25. The van der Waals surface area contributed by atoms with Crippen molar-refractivity contribution in [2.45, 2.75) is 20.0 Å². The second kappa shape index (κ2) is 6.49. The van der Waals surface area contributed by atoms with Crippen LogP contribution in [0.25, 0.3) is 16.8 Å². The number of aryl methyl sites for hydroxylation is 1. The minimum atomic E-state index is 0.726. The zero-order valence-electron chi connectivity index (χ0n) is 14.3. The smallest absolute Gasteiger partial charge is 0.183 e. The fraction of sp³-hybridized carbons (Fsp3) is 0.211. The summed E-state index contributed by atoms with van der Waals surface area (Å²) < 4.78 is 7.41. The number of pyridine rings is 1. The number of benzene rings is 1. The van der Waals surface area contributed by atoms with E-state index in [0.29, 0.717) is 0 Å². The maximum absolute atomic E-state index is 5.67. The summed E-state index contributed by atoms with van der Waals surface area (Å²) in [6.07, 6.45) is 1.96. The maximum atomic E-state index is 5.67. The second-order valence-electron chi connectivity index (χ2n) is 6.25. The van der Waals surface area contributed by atoms with Crippen LogP contribution in [0.3, 0.4) is 0 Å². The van der Waals surface area contributed by atoms with Crippen molar-refractivity contribution in [3.8, 4) is 11.1 Å². The van der Waals surface area contributed by atoms with Crippen LogP contribution >= 0.6 is 0 Å². The first-order valence-electron chi connectivity index (χ1n) is 8.19. The van der Waals surface area contributed by atoms with Gasteiger partial charge in [0.25, 0.3) is 0 Å². The van der Waals surface area contributed by atoms with Crippen LogP contribution in [-0.2, 0) is 13.1 Å². The predicted octanol–water partition coefficient (Wildman–Crippen LogP) is 3.32. The Kier molecular flexibility index (Phi) is 4.03. The van der Waals surface area contributed by atoms with Crippen LogP contribution in [0.5, 0.6) is 0 Å². The van der Waals surface area contributed by atoms with E-state index in [1.54, 1.807) is 4.52 Å². The molecular weight excluding hydrogens is 314 g/mol. The molecule has 0 radical (unpaired) electrons. The number of nitrogens with zero attached hydrogens (tertiary/aromatic N) is 5. The molecule has 4 rings (SSSR count). The summed E-state index contributed by atoms with van der Waals surface area (Å²) in [7, 11) is 2.06. The van der Waals surface area contributed by atoms with Crippen molar-refractivity contribution in [1.82, 2.24) is 24.9 Å². The van der Waals surface area contributed by atoms with Gasteiger partial charge < -0.3 is 4.42 Å². The lowest BCUT2D eigenvalue weighted by molar-refractivity contribution is 0.285. The van der Waals surface area contributed by atoms with E-state index >= 15 is 0 Å². The lowest BCUT2D eigenvalue weighted by atomic mass is 10.1. The average Bonchev–Trinajstić information content (AvgIpc) is 3.24. The van der Waals surface area contributed by atoms with E-state index < -0.39 is 0 Å². The molecule has 0 spiro atoms. The minimum absolute atomic E-state index is 0.726. The van der Waals surface area contributed by atoms with Gasteiger partial charge in [0.2, 0.25) is 0 Å². The molecule has 0 aliphatic carbocycles. The van der Waals surface area contributed by atoms with Gasteiger partial charge in [-0.05, 0) is 48.2 Å². The number of tetrazole rings is 1. The highest BCUT2D eigenvalue weighted by Crippen LogP contribution is 2.23. The van der Waals surface area contributed by atoms with E-state index in [2.05, 4.69) is 45.7 Å². The Labute approximate surface area is 145 Å². The molecule has 0 atom stereocenters. The standard InChI is InChI=1S/C19H19N5O/c1-14-8-9-18(25-14)13-23(2)11-17-10-16(15-6-4-3-5-7-15)12-24-19(17)20-21-22-24/h3-10,12H,11,13H2,1-2H3. The molecule has 0 saturated heterocycles. The fourth-order valence-corrected chi connectivity index (χ4v) is 3.00. The minimum Gasteiger partial charge on any atom is -0.465 e. The zero-order valence-corrected chi connectivity index (χ0v) is 14.3. The van der Waals surface area contributed by atoms with E-state index in [0.717, 1.165) is 46.9 Å². The summed E-state index contributed by atoms with van der Waals surface area (Å²) in [6, 6.07) is 16.4. The van der Waals surface area contributed by atoms with Gasteiger partial charge in [-0.2, -0.15) is 4.52 Å². The Hall–Kier alpha value is -2.99. The molecule has 126 valence electrons. The molecule has 0 bridgehead atoms. The number of aromatic nitrogens is 4. The summed E-state index contributed by atoms with van der Waals surface area (Å²) >= 11 is 0. The zero-order chi connectivity index (χ0) is 17.2. The quantitative estimate of drug-likeness (QED) is 0.561. The van der Waals surface area contributed by atoms with Gasteiger partial charge in [0.05, 0.1) is 6.54 Å². The molecule has 3 heterocycles. The number of hydrogen-bond acceptors (Lipinski definition) is 5. The van der Waals surface area contributed by atoms with Crippen LogP contribution in [0.4, 0.5) is 0 Å². The molecule has 3 aromatic heterocycles. The number of hydrogen-bond donors (Lipinski definition) is 0. The van der Waals surface area contributed by atoms with Gasteiger partial charge in [0.15, 0.2) is 5.65 Å². The third-order valence-corrected chi connectivity index (χ3v) is 4.14. The molecule has 0 aliphatic heterocycles. The summed E-state index contributed by atoms with van der Waals surface area (Å²) in [5, 5.41) is 12.1. The van der Waals surface area contributed by atoms with Crippen molar-refractivity contribution in [2.24, 2.45) is 0 Å². The van der Waals surface area contributed by atoms with E-state index in [1.165, 1.54) is 0 Å². The first-order chi connectivity index (χ1) is 12.2. The number of fused-ring (bicyclic) bond motifs is 1. The molecule has 0 amide bonds. The van der Waals surface area contributed by atoms with Gasteiger partial charge in [-0.1, -0.05) is 30.3 Å². The fourth-order valence-electron chi connectivity index (χ4n) is 3.00. The predicted molar refractivity (Wildman–Crippen MR) is 94.8 cm³/mol. The third-order valence-electron chi connectivity index (χ3n) is 4.14. The Morgan fingerprint density at radius 2 is 1.88 bits per heavy atom. The summed E-state index contributed by atoms with van der Waals surface area (Å²) in [6.45, 7) is 3.42. The van der Waals surface area contributed by atoms with Gasteiger partial charge >= 0.3 is 0 Å². The van der Waals surface area contributed by atoms with Crippen molar-refractivity contribution in [3.63, 3.8) is 0 Å². The van der Waals surface area contributed by atoms with E-state index in [1.807, 2.05) is 43.5 Å². The van der Waals surface area contributed by atoms with Crippen LogP contribution in [0.1, 0.15) is 17.1 Å². The maximum Gasteiger partial charge on any atom is 0.183 e. The van der Waals surface area contributed by atoms with Gasteiger partial charge in [-0.15, -0.1) is 5.10 Å². The van der Waals surface area contributed by atoms with Crippen molar-refractivity contribution in [1.29, 1.82) is 0 Å². The Morgan fingerprint density at radius 1 is 1.04 bits per heavy atom. The largest absolute Gasteiger partial charge is 0.465 e. The first-order valence-corrected chi connectivity index (χ1v) is 8.19. The van der Waals surface area contributed by atoms with Crippen LogP contribution in [0.15, 0.2) is 59.1 Å². The Morgan fingerprint density at radius 3 is 2.64 bits per heavy atom. The first kappa shape index (κ1) is 15.5. The molecule has 0 saturated carbocycles. The third kappa shape index (κ3) is 3.29. The van der Waals surface area contributed by atoms with Crippen molar-refractivity contribution >= 4 is 5.65 Å². The van der Waals surface area contributed by atoms with Crippen molar-refractivity contribution < 1.29 is 4.42 Å². The van der Waals surface area contributed by atoms with Gasteiger partial charge in [0, 0.05) is 23.9 Å². The number of furan rings is 1. The molecule has 6 nitrogen and oxygen atoms in total. The highest BCUT2D eigenvalue weighted by atomic mass is 16.3. The topological polar surface area (TPSA) is 59.5 Å². The normalized spacial score (nSPS) is 11.5. The van der Waals surface area contributed by atoms with E-state index in [9.17, 15) is 0 Å². The molecule has 25 heavy (non-hydrogen) atoms. The Bertz CT molecular complexity index is 989. The van der Waals surface area contributed by atoms with Crippen LogP contribution in [-0.4, -0.2) is 32.0 Å². The molecule has 0 unspecified atom stereocenters.